The fourth-order valence-corrected chi connectivity index (χ4v) is 3.09. The first kappa shape index (κ1) is 18.0. The van der Waals surface area contributed by atoms with E-state index in [1.165, 1.54) is 0 Å². The molecule has 1 N–H and O–H groups in total. The number of carbonyl (C=O) groups excluding carboxylic acids is 2. The maximum absolute atomic E-state index is 12.8. The minimum atomic E-state index is 0.000314. The van der Waals surface area contributed by atoms with Crippen LogP contribution in [0, 0.1) is 0 Å². The van der Waals surface area contributed by atoms with E-state index in [-0.39, 0.29) is 11.8 Å². The second-order valence-electron chi connectivity index (χ2n) is 6.32. The van der Waals surface area contributed by atoms with Gasteiger partial charge in [-0.25, -0.2) is 4.98 Å². The van der Waals surface area contributed by atoms with E-state index in [1.807, 2.05) is 23.4 Å². The third kappa shape index (κ3) is 3.56. The van der Waals surface area contributed by atoms with Crippen molar-refractivity contribution in [3.05, 3.63) is 47.0 Å². The molecule has 1 aliphatic rings. The van der Waals surface area contributed by atoms with E-state index >= 15 is 0 Å². The molecule has 0 unspecified atom stereocenters. The lowest BCUT2D eigenvalue weighted by Crippen LogP contribution is -2.36. The third-order valence-electron chi connectivity index (χ3n) is 4.74. The number of nitrogens with zero attached hydrogens (tertiary/aromatic N) is 3. The monoisotopic (exact) mass is 356 g/mol. The number of hydrogen-bond acceptors (Lipinski definition) is 4. The molecule has 2 heterocycles. The molecule has 3 rings (SSSR count). The number of benzene rings is 1. The summed E-state index contributed by atoms with van der Waals surface area (Å²) >= 11 is 0. The molecule has 0 bridgehead atoms. The number of carbonyl (C=O) groups is 2. The molecule has 0 saturated heterocycles. The molecule has 0 saturated carbocycles. The highest BCUT2D eigenvalue weighted by atomic mass is 16.5. The van der Waals surface area contributed by atoms with Gasteiger partial charge in [0.25, 0.3) is 5.91 Å². The topological polar surface area (TPSA) is 76.5 Å². The maximum atomic E-state index is 12.8. The molecule has 138 valence electrons. The summed E-state index contributed by atoms with van der Waals surface area (Å²) in [6.45, 7) is 3.38. The number of hydrogen-bond donors (Lipinski definition) is 1. The van der Waals surface area contributed by atoms with Gasteiger partial charge in [-0.3, -0.25) is 9.59 Å². The smallest absolute Gasteiger partial charge is 0.254 e. The van der Waals surface area contributed by atoms with Crippen molar-refractivity contribution in [1.29, 1.82) is 0 Å². The highest BCUT2D eigenvalue weighted by molar-refractivity contribution is 5.94. The predicted molar refractivity (Wildman–Crippen MR) is 96.8 cm³/mol. The molecule has 2 aromatic rings. The summed E-state index contributed by atoms with van der Waals surface area (Å²) in [4.78, 5) is 30.7. The van der Waals surface area contributed by atoms with Crippen molar-refractivity contribution < 1.29 is 14.3 Å². The number of ether oxygens (including phenoxy) is 1. The quantitative estimate of drug-likeness (QED) is 0.884. The van der Waals surface area contributed by atoms with Crippen LogP contribution in [0.3, 0.4) is 0 Å². The van der Waals surface area contributed by atoms with Crippen molar-refractivity contribution in [3.8, 4) is 5.75 Å². The van der Waals surface area contributed by atoms with Crippen LogP contribution < -0.4 is 10.1 Å². The first-order chi connectivity index (χ1) is 12.5. The molecule has 0 spiro atoms. The average molecular weight is 356 g/mol. The summed E-state index contributed by atoms with van der Waals surface area (Å²) in [6, 6.07) is 7.15. The number of aromatic nitrogens is 2. The molecule has 0 radical (unpaired) electrons. The van der Waals surface area contributed by atoms with Crippen molar-refractivity contribution in [1.82, 2.24) is 19.8 Å². The first-order valence-corrected chi connectivity index (χ1v) is 8.76. The van der Waals surface area contributed by atoms with Crippen LogP contribution in [-0.2, 0) is 31.4 Å². The predicted octanol–water partition coefficient (Wildman–Crippen LogP) is 1.65. The SMILES string of the molecule is CCC(=O)NCc1nc2c(n1C)CN(C(=O)c1ccc(OC)cc1)CC2. The summed E-state index contributed by atoms with van der Waals surface area (Å²) in [7, 11) is 3.53. The zero-order valence-corrected chi connectivity index (χ0v) is 15.4. The van der Waals surface area contributed by atoms with Gasteiger partial charge in [0.2, 0.25) is 5.91 Å². The Hall–Kier alpha value is -2.83. The van der Waals surface area contributed by atoms with Gasteiger partial charge in [0.05, 0.1) is 31.6 Å². The largest absolute Gasteiger partial charge is 0.497 e. The lowest BCUT2D eigenvalue weighted by Gasteiger charge is -2.27. The van der Waals surface area contributed by atoms with Gasteiger partial charge in [0, 0.05) is 32.0 Å². The molecule has 1 aliphatic heterocycles. The van der Waals surface area contributed by atoms with Gasteiger partial charge >= 0.3 is 0 Å². The third-order valence-corrected chi connectivity index (χ3v) is 4.74. The molecular weight excluding hydrogens is 332 g/mol. The van der Waals surface area contributed by atoms with Crippen LogP contribution in [0.2, 0.25) is 0 Å². The molecular formula is C19H24N4O3. The van der Waals surface area contributed by atoms with Gasteiger partial charge in [-0.15, -0.1) is 0 Å². The number of fused-ring (bicyclic) bond motifs is 1. The van der Waals surface area contributed by atoms with Crippen LogP contribution in [0.25, 0.3) is 0 Å². The summed E-state index contributed by atoms with van der Waals surface area (Å²) in [6.07, 6.45) is 1.17. The zero-order valence-electron chi connectivity index (χ0n) is 15.4. The minimum Gasteiger partial charge on any atom is -0.497 e. The summed E-state index contributed by atoms with van der Waals surface area (Å²) < 4.78 is 7.13. The van der Waals surface area contributed by atoms with Crippen LogP contribution >= 0.6 is 0 Å². The van der Waals surface area contributed by atoms with Gasteiger partial charge in [-0.2, -0.15) is 0 Å². The van der Waals surface area contributed by atoms with E-state index in [9.17, 15) is 9.59 Å². The van der Waals surface area contributed by atoms with Crippen LogP contribution in [0.15, 0.2) is 24.3 Å². The number of methoxy groups -OCH3 is 1. The minimum absolute atomic E-state index is 0.000314. The maximum Gasteiger partial charge on any atom is 0.254 e. The van der Waals surface area contributed by atoms with Crippen LogP contribution in [0.4, 0.5) is 0 Å². The Morgan fingerprint density at radius 2 is 2.00 bits per heavy atom. The van der Waals surface area contributed by atoms with Gasteiger partial charge < -0.3 is 19.5 Å². The number of rotatable bonds is 5. The van der Waals surface area contributed by atoms with Crippen molar-refractivity contribution >= 4 is 11.8 Å². The van der Waals surface area contributed by atoms with Gasteiger partial charge in [0.15, 0.2) is 0 Å². The van der Waals surface area contributed by atoms with Gasteiger partial charge in [-0.05, 0) is 24.3 Å². The van der Waals surface area contributed by atoms with E-state index in [1.54, 1.807) is 31.4 Å². The standard InChI is InChI=1S/C19H24N4O3/c1-4-18(24)20-11-17-21-15-9-10-23(12-16(15)22(17)2)19(25)13-5-7-14(26-3)8-6-13/h5-8H,4,9-12H2,1-3H3,(H,20,24). The second-order valence-corrected chi connectivity index (χ2v) is 6.32. The van der Waals surface area contributed by atoms with Gasteiger partial charge in [-0.1, -0.05) is 6.92 Å². The number of nitrogens with one attached hydrogen (secondary N) is 1. The van der Waals surface area contributed by atoms with Crippen molar-refractivity contribution in [2.45, 2.75) is 32.9 Å². The van der Waals surface area contributed by atoms with E-state index in [4.69, 9.17) is 4.74 Å². The summed E-state index contributed by atoms with van der Waals surface area (Å²) in [5, 5.41) is 2.85. The number of amides is 2. The van der Waals surface area contributed by atoms with Crippen molar-refractivity contribution in [2.24, 2.45) is 7.05 Å². The first-order valence-electron chi connectivity index (χ1n) is 8.76. The fourth-order valence-electron chi connectivity index (χ4n) is 3.09. The Kier molecular flexibility index (Phi) is 5.25. The van der Waals surface area contributed by atoms with E-state index in [2.05, 4.69) is 10.3 Å². The molecule has 1 aromatic carbocycles. The van der Waals surface area contributed by atoms with E-state index in [0.29, 0.717) is 38.0 Å². The van der Waals surface area contributed by atoms with E-state index < -0.39 is 0 Å². The molecule has 2 amide bonds. The Balaban J connectivity index is 1.73. The fraction of sp³-hybridized carbons (Fsp3) is 0.421. The van der Waals surface area contributed by atoms with Crippen molar-refractivity contribution in [2.75, 3.05) is 13.7 Å². The Morgan fingerprint density at radius 3 is 2.65 bits per heavy atom. The number of imidazole rings is 1. The highest BCUT2D eigenvalue weighted by Crippen LogP contribution is 2.22. The highest BCUT2D eigenvalue weighted by Gasteiger charge is 2.26. The second kappa shape index (κ2) is 7.59. The lowest BCUT2D eigenvalue weighted by atomic mass is 10.1. The van der Waals surface area contributed by atoms with Crippen molar-refractivity contribution in [3.63, 3.8) is 0 Å². The molecule has 7 heteroatoms. The molecule has 0 atom stereocenters. The van der Waals surface area contributed by atoms with Crippen LogP contribution in [-0.4, -0.2) is 39.9 Å². The van der Waals surface area contributed by atoms with Gasteiger partial charge in [0.1, 0.15) is 11.6 Å². The molecule has 7 nitrogen and oxygen atoms in total. The molecule has 1 aromatic heterocycles. The molecule has 26 heavy (non-hydrogen) atoms. The van der Waals surface area contributed by atoms with E-state index in [0.717, 1.165) is 23.0 Å². The average Bonchev–Trinajstić information content (AvgIpc) is 3.00. The van der Waals surface area contributed by atoms with Crippen LogP contribution in [0.5, 0.6) is 5.75 Å². The Bertz CT molecular complexity index is 811. The summed E-state index contributed by atoms with van der Waals surface area (Å²) in [5.41, 5.74) is 2.68. The normalized spacial score (nSPS) is 13.3. The summed E-state index contributed by atoms with van der Waals surface area (Å²) in [5.74, 6) is 1.55. The lowest BCUT2D eigenvalue weighted by molar-refractivity contribution is -0.120. The Morgan fingerprint density at radius 1 is 1.27 bits per heavy atom. The molecule has 0 aliphatic carbocycles. The Labute approximate surface area is 153 Å². The zero-order chi connectivity index (χ0) is 18.7. The van der Waals surface area contributed by atoms with Crippen LogP contribution in [0.1, 0.15) is 40.9 Å². The molecule has 0 fully saturated rings.